The molecule has 0 N–H and O–H groups in total. The fourth-order valence-electron chi connectivity index (χ4n) is 1.77. The second-order valence-electron chi connectivity index (χ2n) is 3.79. The van der Waals surface area contributed by atoms with Crippen LogP contribution in [0.3, 0.4) is 0 Å². The van der Waals surface area contributed by atoms with Crippen LogP contribution in [0.2, 0.25) is 0 Å². The van der Waals surface area contributed by atoms with Crippen molar-refractivity contribution in [2.75, 3.05) is 0 Å². The quantitative estimate of drug-likeness (QED) is 0.712. The lowest BCUT2D eigenvalue weighted by atomic mass is 10.2. The number of nitriles is 1. The van der Waals surface area contributed by atoms with Crippen molar-refractivity contribution in [2.24, 2.45) is 0 Å². The van der Waals surface area contributed by atoms with Crippen molar-refractivity contribution >= 4 is 22.3 Å². The van der Waals surface area contributed by atoms with Crippen molar-refractivity contribution in [3.63, 3.8) is 0 Å². The number of fused-ring (bicyclic) bond motifs is 1. The monoisotopic (exact) mass is 255 g/mol. The fourth-order valence-corrected chi connectivity index (χ4v) is 2.42. The smallest absolute Gasteiger partial charge is 0.246 e. The molecule has 4 heteroatoms. The largest absolute Gasteiger partial charge is 0.483 e. The minimum atomic E-state index is 0.228. The molecule has 3 aromatic rings. The average molecular weight is 255 g/mol. The van der Waals surface area contributed by atoms with Crippen LogP contribution in [0.15, 0.2) is 45.5 Å². The van der Waals surface area contributed by atoms with Crippen LogP contribution in [-0.2, 0) is 6.61 Å². The standard InChI is InChI=1S/C14H9NO2S/c15-7-13-14(16-8-10-5-6-18-9-10)11-3-1-2-4-12(11)17-13/h1-6,9H,8H2. The zero-order chi connectivity index (χ0) is 12.4. The Morgan fingerprint density at radius 3 is 2.94 bits per heavy atom. The second-order valence-corrected chi connectivity index (χ2v) is 4.57. The number of rotatable bonds is 3. The topological polar surface area (TPSA) is 46.2 Å². The van der Waals surface area contributed by atoms with Crippen LogP contribution in [0, 0.1) is 11.3 Å². The predicted octanol–water partition coefficient (Wildman–Crippen LogP) is 3.94. The molecular weight excluding hydrogens is 246 g/mol. The molecule has 0 saturated carbocycles. The van der Waals surface area contributed by atoms with E-state index >= 15 is 0 Å². The summed E-state index contributed by atoms with van der Waals surface area (Å²) in [6.45, 7) is 0.446. The Labute approximate surface area is 108 Å². The first-order chi connectivity index (χ1) is 8.88. The van der Waals surface area contributed by atoms with Crippen molar-refractivity contribution in [2.45, 2.75) is 6.61 Å². The molecule has 18 heavy (non-hydrogen) atoms. The van der Waals surface area contributed by atoms with Gasteiger partial charge in [0.05, 0.1) is 5.39 Å². The maximum atomic E-state index is 9.05. The van der Waals surface area contributed by atoms with Gasteiger partial charge in [-0.05, 0) is 34.5 Å². The summed E-state index contributed by atoms with van der Waals surface area (Å²) < 4.78 is 11.2. The van der Waals surface area contributed by atoms with Gasteiger partial charge >= 0.3 is 0 Å². The summed E-state index contributed by atoms with van der Waals surface area (Å²) in [5.74, 6) is 0.755. The van der Waals surface area contributed by atoms with Gasteiger partial charge in [0, 0.05) is 0 Å². The first kappa shape index (κ1) is 10.9. The van der Waals surface area contributed by atoms with Gasteiger partial charge in [-0.2, -0.15) is 16.6 Å². The van der Waals surface area contributed by atoms with Crippen LogP contribution in [0.1, 0.15) is 11.3 Å². The molecule has 0 unspecified atom stereocenters. The van der Waals surface area contributed by atoms with Crippen LogP contribution < -0.4 is 4.74 Å². The van der Waals surface area contributed by atoms with Gasteiger partial charge in [-0.25, -0.2) is 0 Å². The molecule has 0 aliphatic heterocycles. The number of hydrogen-bond acceptors (Lipinski definition) is 4. The van der Waals surface area contributed by atoms with Crippen LogP contribution in [0.5, 0.6) is 5.75 Å². The van der Waals surface area contributed by atoms with E-state index in [9.17, 15) is 0 Å². The van der Waals surface area contributed by atoms with Crippen molar-refractivity contribution < 1.29 is 9.15 Å². The summed E-state index contributed by atoms with van der Waals surface area (Å²) in [6, 6.07) is 11.5. The van der Waals surface area contributed by atoms with Crippen LogP contribution >= 0.6 is 11.3 Å². The lowest BCUT2D eigenvalue weighted by Gasteiger charge is -2.02. The molecule has 0 atom stereocenters. The van der Waals surface area contributed by atoms with Gasteiger partial charge in [0.2, 0.25) is 5.76 Å². The fraction of sp³-hybridized carbons (Fsp3) is 0.0714. The third kappa shape index (κ3) is 1.85. The highest BCUT2D eigenvalue weighted by molar-refractivity contribution is 7.07. The Hall–Kier alpha value is -2.25. The maximum absolute atomic E-state index is 9.05. The van der Waals surface area contributed by atoms with Crippen LogP contribution in [0.4, 0.5) is 0 Å². The van der Waals surface area contributed by atoms with Crippen LogP contribution in [0.25, 0.3) is 11.0 Å². The molecular formula is C14H9NO2S. The maximum Gasteiger partial charge on any atom is 0.246 e. The van der Waals surface area contributed by atoms with Gasteiger partial charge in [-0.3, -0.25) is 0 Å². The highest BCUT2D eigenvalue weighted by Crippen LogP contribution is 2.33. The molecule has 0 saturated heterocycles. The normalized spacial score (nSPS) is 10.4. The minimum absolute atomic E-state index is 0.228. The number of ether oxygens (including phenoxy) is 1. The number of hydrogen-bond donors (Lipinski definition) is 0. The summed E-state index contributed by atoms with van der Waals surface area (Å²) in [4.78, 5) is 0. The van der Waals surface area contributed by atoms with E-state index in [-0.39, 0.29) is 5.76 Å². The van der Waals surface area contributed by atoms with E-state index in [0.717, 1.165) is 10.9 Å². The predicted molar refractivity (Wildman–Crippen MR) is 69.6 cm³/mol. The van der Waals surface area contributed by atoms with Gasteiger partial charge in [0.25, 0.3) is 0 Å². The zero-order valence-electron chi connectivity index (χ0n) is 9.42. The molecule has 0 radical (unpaired) electrons. The molecule has 2 heterocycles. The molecule has 0 aliphatic rings. The van der Waals surface area contributed by atoms with Gasteiger partial charge in [-0.15, -0.1) is 0 Å². The van der Waals surface area contributed by atoms with Gasteiger partial charge in [-0.1, -0.05) is 12.1 Å². The first-order valence-electron chi connectivity index (χ1n) is 5.44. The first-order valence-corrected chi connectivity index (χ1v) is 6.38. The Bertz CT molecular complexity index is 707. The summed E-state index contributed by atoms with van der Waals surface area (Å²) in [5.41, 5.74) is 1.77. The third-order valence-electron chi connectivity index (χ3n) is 2.61. The molecule has 3 rings (SSSR count). The van der Waals surface area contributed by atoms with Crippen molar-refractivity contribution in [3.05, 3.63) is 52.4 Å². The SMILES string of the molecule is N#Cc1oc2ccccc2c1OCc1ccsc1. The minimum Gasteiger partial charge on any atom is -0.483 e. The molecule has 88 valence electrons. The molecule has 0 spiro atoms. The number of benzene rings is 1. The summed E-state index contributed by atoms with van der Waals surface area (Å²) >= 11 is 1.62. The zero-order valence-corrected chi connectivity index (χ0v) is 10.2. The summed E-state index contributed by atoms with van der Waals surface area (Å²) in [5, 5.41) is 13.9. The molecule has 0 bridgehead atoms. The van der Waals surface area contributed by atoms with E-state index in [2.05, 4.69) is 0 Å². The van der Waals surface area contributed by atoms with E-state index in [4.69, 9.17) is 14.4 Å². The number of thiophene rings is 1. The van der Waals surface area contributed by atoms with E-state index in [1.807, 2.05) is 47.2 Å². The van der Waals surface area contributed by atoms with Crippen LogP contribution in [-0.4, -0.2) is 0 Å². The van der Waals surface area contributed by atoms with E-state index < -0.39 is 0 Å². The van der Waals surface area contributed by atoms with Gasteiger partial charge in [0.15, 0.2) is 5.75 Å². The molecule has 2 aromatic heterocycles. The molecule has 0 amide bonds. The van der Waals surface area contributed by atoms with Crippen molar-refractivity contribution in [1.82, 2.24) is 0 Å². The lowest BCUT2D eigenvalue weighted by molar-refractivity contribution is 0.304. The summed E-state index contributed by atoms with van der Waals surface area (Å²) in [7, 11) is 0. The molecule has 1 aromatic carbocycles. The van der Waals surface area contributed by atoms with Gasteiger partial charge < -0.3 is 9.15 Å². The Morgan fingerprint density at radius 1 is 1.28 bits per heavy atom. The highest BCUT2D eigenvalue weighted by atomic mass is 32.1. The van der Waals surface area contributed by atoms with E-state index in [1.54, 1.807) is 11.3 Å². The summed E-state index contributed by atoms with van der Waals surface area (Å²) in [6.07, 6.45) is 0. The van der Waals surface area contributed by atoms with Gasteiger partial charge in [0.1, 0.15) is 18.3 Å². The molecule has 0 aliphatic carbocycles. The Balaban J connectivity index is 1.97. The number of furan rings is 1. The van der Waals surface area contributed by atoms with E-state index in [0.29, 0.717) is 17.9 Å². The highest BCUT2D eigenvalue weighted by Gasteiger charge is 2.14. The van der Waals surface area contributed by atoms with Crippen molar-refractivity contribution in [3.8, 4) is 11.8 Å². The number of para-hydroxylation sites is 1. The molecule has 0 fully saturated rings. The van der Waals surface area contributed by atoms with Crippen molar-refractivity contribution in [1.29, 1.82) is 5.26 Å². The average Bonchev–Trinajstić information content (AvgIpc) is 3.03. The molecule has 3 nitrogen and oxygen atoms in total. The van der Waals surface area contributed by atoms with E-state index in [1.165, 1.54) is 0 Å². The third-order valence-corrected chi connectivity index (χ3v) is 3.35. The Morgan fingerprint density at radius 2 is 2.17 bits per heavy atom. The number of nitrogens with zero attached hydrogens (tertiary/aromatic N) is 1. The second kappa shape index (κ2) is 4.55. The lowest BCUT2D eigenvalue weighted by Crippen LogP contribution is -1.94. The Kier molecular flexibility index (Phi) is 2.75.